The second-order valence-electron chi connectivity index (χ2n) is 6.05. The summed E-state index contributed by atoms with van der Waals surface area (Å²) in [6.07, 6.45) is 0. The van der Waals surface area contributed by atoms with E-state index in [2.05, 4.69) is 70.8 Å². The molecule has 122 valence electrons. The highest BCUT2D eigenvalue weighted by atomic mass is 15.1. The monoisotopic (exact) mass is 318 g/mol. The first-order chi connectivity index (χ1) is 11.6. The Bertz CT molecular complexity index is 825. The van der Waals surface area contributed by atoms with Gasteiger partial charge in [-0.2, -0.15) is 4.98 Å². The third-order valence-electron chi connectivity index (χ3n) is 3.72. The fourth-order valence-corrected chi connectivity index (χ4v) is 2.47. The summed E-state index contributed by atoms with van der Waals surface area (Å²) in [5.41, 5.74) is 5.60. The molecule has 1 aromatic heterocycles. The van der Waals surface area contributed by atoms with E-state index in [1.54, 1.807) is 0 Å². The summed E-state index contributed by atoms with van der Waals surface area (Å²) in [6.45, 7) is 6.87. The fourth-order valence-electron chi connectivity index (χ4n) is 2.47. The Hall–Kier alpha value is -2.88. The van der Waals surface area contributed by atoms with Gasteiger partial charge in [-0.1, -0.05) is 42.0 Å². The van der Waals surface area contributed by atoms with Gasteiger partial charge in [0, 0.05) is 24.0 Å². The molecule has 0 amide bonds. The minimum Gasteiger partial charge on any atom is -0.366 e. The lowest BCUT2D eigenvalue weighted by Gasteiger charge is -2.10. The Balaban J connectivity index is 1.72. The number of hydrogen-bond donors (Lipinski definition) is 2. The van der Waals surface area contributed by atoms with Crippen molar-refractivity contribution >= 4 is 17.5 Å². The number of hydrogen-bond acceptors (Lipinski definition) is 4. The predicted molar refractivity (Wildman–Crippen MR) is 99.7 cm³/mol. The second-order valence-corrected chi connectivity index (χ2v) is 6.05. The molecule has 0 saturated carbocycles. The second kappa shape index (κ2) is 7.13. The molecule has 2 aromatic carbocycles. The molecule has 0 atom stereocenters. The van der Waals surface area contributed by atoms with Crippen LogP contribution in [0.2, 0.25) is 0 Å². The molecular weight excluding hydrogens is 296 g/mol. The first-order valence-corrected chi connectivity index (χ1v) is 8.07. The molecular formula is C20H22N4. The van der Waals surface area contributed by atoms with Crippen LogP contribution in [0.1, 0.15) is 22.4 Å². The fraction of sp³-hybridized carbons (Fsp3) is 0.200. The topological polar surface area (TPSA) is 49.8 Å². The van der Waals surface area contributed by atoms with E-state index in [0.717, 1.165) is 23.7 Å². The SMILES string of the molecule is Cc1ccc(CNc2cc(C)nc(Nc3cccc(C)c3)n2)cc1. The van der Waals surface area contributed by atoms with Gasteiger partial charge in [-0.25, -0.2) is 4.98 Å². The van der Waals surface area contributed by atoms with Crippen LogP contribution in [0.15, 0.2) is 54.6 Å². The molecule has 0 bridgehead atoms. The van der Waals surface area contributed by atoms with Crippen molar-refractivity contribution in [2.45, 2.75) is 27.3 Å². The molecule has 0 aliphatic heterocycles. The van der Waals surface area contributed by atoms with Crippen LogP contribution in [-0.4, -0.2) is 9.97 Å². The van der Waals surface area contributed by atoms with Gasteiger partial charge >= 0.3 is 0 Å². The maximum atomic E-state index is 4.56. The van der Waals surface area contributed by atoms with Gasteiger partial charge in [-0.15, -0.1) is 0 Å². The summed E-state index contributed by atoms with van der Waals surface area (Å²) < 4.78 is 0. The predicted octanol–water partition coefficient (Wildman–Crippen LogP) is 4.76. The molecule has 1 heterocycles. The molecule has 0 aliphatic rings. The normalized spacial score (nSPS) is 10.5. The van der Waals surface area contributed by atoms with Crippen molar-refractivity contribution in [2.75, 3.05) is 10.6 Å². The van der Waals surface area contributed by atoms with Gasteiger partial charge in [-0.3, -0.25) is 0 Å². The average Bonchev–Trinajstić information content (AvgIpc) is 2.54. The van der Waals surface area contributed by atoms with Crippen molar-refractivity contribution in [3.63, 3.8) is 0 Å². The van der Waals surface area contributed by atoms with Crippen LogP contribution < -0.4 is 10.6 Å². The van der Waals surface area contributed by atoms with Crippen molar-refractivity contribution in [1.82, 2.24) is 9.97 Å². The third-order valence-corrected chi connectivity index (χ3v) is 3.72. The van der Waals surface area contributed by atoms with E-state index in [1.165, 1.54) is 16.7 Å². The molecule has 0 aliphatic carbocycles. The van der Waals surface area contributed by atoms with Gasteiger partial charge < -0.3 is 10.6 Å². The van der Waals surface area contributed by atoms with Crippen LogP contribution in [0.4, 0.5) is 17.5 Å². The number of anilines is 3. The molecule has 0 unspecified atom stereocenters. The number of aromatic nitrogens is 2. The number of benzene rings is 2. The summed E-state index contributed by atoms with van der Waals surface area (Å²) in [5, 5.41) is 6.64. The first-order valence-electron chi connectivity index (χ1n) is 8.07. The lowest BCUT2D eigenvalue weighted by Crippen LogP contribution is -2.05. The highest BCUT2D eigenvalue weighted by molar-refractivity contribution is 5.56. The Morgan fingerprint density at radius 3 is 2.38 bits per heavy atom. The van der Waals surface area contributed by atoms with Crippen LogP contribution in [0.25, 0.3) is 0 Å². The lowest BCUT2D eigenvalue weighted by atomic mass is 10.1. The zero-order chi connectivity index (χ0) is 16.9. The first kappa shape index (κ1) is 16.0. The smallest absolute Gasteiger partial charge is 0.229 e. The molecule has 2 N–H and O–H groups in total. The molecule has 3 rings (SSSR count). The van der Waals surface area contributed by atoms with Crippen LogP contribution in [0, 0.1) is 20.8 Å². The van der Waals surface area contributed by atoms with E-state index in [-0.39, 0.29) is 0 Å². The zero-order valence-corrected chi connectivity index (χ0v) is 14.3. The van der Waals surface area contributed by atoms with Gasteiger partial charge in [0.1, 0.15) is 5.82 Å². The molecule has 4 nitrogen and oxygen atoms in total. The van der Waals surface area contributed by atoms with Crippen LogP contribution in [0.3, 0.4) is 0 Å². The van der Waals surface area contributed by atoms with Crippen molar-refractivity contribution in [3.8, 4) is 0 Å². The number of rotatable bonds is 5. The minimum atomic E-state index is 0.604. The van der Waals surface area contributed by atoms with E-state index < -0.39 is 0 Å². The molecule has 0 spiro atoms. The molecule has 0 radical (unpaired) electrons. The van der Waals surface area contributed by atoms with Gasteiger partial charge in [-0.05, 0) is 44.0 Å². The van der Waals surface area contributed by atoms with E-state index in [4.69, 9.17) is 0 Å². The van der Waals surface area contributed by atoms with Crippen molar-refractivity contribution in [1.29, 1.82) is 0 Å². The highest BCUT2D eigenvalue weighted by Gasteiger charge is 2.03. The van der Waals surface area contributed by atoms with E-state index in [9.17, 15) is 0 Å². The lowest BCUT2D eigenvalue weighted by molar-refractivity contribution is 1.06. The quantitative estimate of drug-likeness (QED) is 0.712. The van der Waals surface area contributed by atoms with Gasteiger partial charge in [0.05, 0.1) is 0 Å². The van der Waals surface area contributed by atoms with Crippen LogP contribution >= 0.6 is 0 Å². The van der Waals surface area contributed by atoms with E-state index in [1.807, 2.05) is 25.1 Å². The van der Waals surface area contributed by atoms with Crippen molar-refractivity contribution in [2.24, 2.45) is 0 Å². The molecule has 4 heteroatoms. The van der Waals surface area contributed by atoms with Crippen molar-refractivity contribution in [3.05, 3.63) is 77.0 Å². The van der Waals surface area contributed by atoms with Crippen molar-refractivity contribution < 1.29 is 0 Å². The third kappa shape index (κ3) is 4.32. The van der Waals surface area contributed by atoms with E-state index >= 15 is 0 Å². The van der Waals surface area contributed by atoms with Crippen LogP contribution in [0.5, 0.6) is 0 Å². The summed E-state index contributed by atoms with van der Waals surface area (Å²) in [6, 6.07) is 18.6. The standard InChI is InChI=1S/C20H22N4/c1-14-7-9-17(10-8-14)13-21-19-12-16(3)22-20(24-19)23-18-6-4-5-15(2)11-18/h4-12H,13H2,1-3H3,(H2,21,22,23,24). The highest BCUT2D eigenvalue weighted by Crippen LogP contribution is 2.17. The molecule has 0 saturated heterocycles. The summed E-state index contributed by atoms with van der Waals surface area (Å²) in [4.78, 5) is 9.02. The molecule has 3 aromatic rings. The molecule has 24 heavy (non-hydrogen) atoms. The Morgan fingerprint density at radius 1 is 0.833 bits per heavy atom. The average molecular weight is 318 g/mol. The summed E-state index contributed by atoms with van der Waals surface area (Å²) in [5.74, 6) is 1.42. The van der Waals surface area contributed by atoms with E-state index in [0.29, 0.717) is 5.95 Å². The zero-order valence-electron chi connectivity index (χ0n) is 14.3. The Kier molecular flexibility index (Phi) is 4.75. The Labute approximate surface area is 143 Å². The summed E-state index contributed by atoms with van der Waals surface area (Å²) >= 11 is 0. The van der Waals surface area contributed by atoms with Gasteiger partial charge in [0.2, 0.25) is 5.95 Å². The maximum Gasteiger partial charge on any atom is 0.229 e. The maximum absolute atomic E-state index is 4.56. The summed E-state index contributed by atoms with van der Waals surface area (Å²) in [7, 11) is 0. The largest absolute Gasteiger partial charge is 0.366 e. The molecule has 0 fully saturated rings. The van der Waals surface area contributed by atoms with Gasteiger partial charge in [0.15, 0.2) is 0 Å². The van der Waals surface area contributed by atoms with Crippen LogP contribution in [-0.2, 0) is 6.54 Å². The Morgan fingerprint density at radius 2 is 1.62 bits per heavy atom. The number of aryl methyl sites for hydroxylation is 3. The number of nitrogens with one attached hydrogen (secondary N) is 2. The van der Waals surface area contributed by atoms with Gasteiger partial charge in [0.25, 0.3) is 0 Å². The number of nitrogens with zero attached hydrogens (tertiary/aromatic N) is 2. The minimum absolute atomic E-state index is 0.604.